The molecule has 1 aromatic carbocycles. The zero-order chi connectivity index (χ0) is 17.0. The highest BCUT2D eigenvalue weighted by Gasteiger charge is 2.32. The number of alkyl carbamates (subject to hydrolysis) is 1. The number of nitrogens with zero attached hydrogens (tertiary/aromatic N) is 1. The van der Waals surface area contributed by atoms with Crippen molar-refractivity contribution in [3.8, 4) is 0 Å². The second kappa shape index (κ2) is 7.35. The summed E-state index contributed by atoms with van der Waals surface area (Å²) in [4.78, 5) is 14.5. The Balaban J connectivity index is 1.96. The first-order chi connectivity index (χ1) is 10.7. The van der Waals surface area contributed by atoms with Crippen molar-refractivity contribution in [1.29, 1.82) is 0 Å². The SMILES string of the molecule is C[C@@H]1C[C@H](C)N(Cc2ccccc2)C[C@H]1NC(=O)OC(C)(C)C. The predicted octanol–water partition coefficient (Wildman–Crippen LogP) is 3.81. The van der Waals surface area contributed by atoms with Crippen LogP contribution >= 0.6 is 0 Å². The molecule has 23 heavy (non-hydrogen) atoms. The number of ether oxygens (including phenoxy) is 1. The van der Waals surface area contributed by atoms with E-state index in [1.807, 2.05) is 26.8 Å². The van der Waals surface area contributed by atoms with Crippen LogP contribution < -0.4 is 5.32 Å². The van der Waals surface area contributed by atoms with Crippen molar-refractivity contribution >= 4 is 6.09 Å². The molecule has 1 aromatic rings. The molecular formula is C19H30N2O2. The molecule has 1 amide bonds. The summed E-state index contributed by atoms with van der Waals surface area (Å²) in [6, 6.07) is 11.1. The lowest BCUT2D eigenvalue weighted by molar-refractivity contribution is 0.0377. The molecule has 0 spiro atoms. The molecule has 1 heterocycles. The van der Waals surface area contributed by atoms with E-state index in [0.717, 1.165) is 19.5 Å². The van der Waals surface area contributed by atoms with Crippen LogP contribution in [0.2, 0.25) is 0 Å². The minimum absolute atomic E-state index is 0.129. The maximum atomic E-state index is 12.1. The number of piperidine rings is 1. The van der Waals surface area contributed by atoms with Crippen LogP contribution in [0, 0.1) is 5.92 Å². The Morgan fingerprint density at radius 2 is 1.91 bits per heavy atom. The second-order valence-electron chi connectivity index (χ2n) is 7.73. The van der Waals surface area contributed by atoms with Gasteiger partial charge in [-0.2, -0.15) is 0 Å². The molecule has 2 rings (SSSR count). The molecule has 1 aliphatic rings. The summed E-state index contributed by atoms with van der Waals surface area (Å²) in [5, 5.41) is 3.06. The molecular weight excluding hydrogens is 288 g/mol. The van der Waals surface area contributed by atoms with E-state index in [0.29, 0.717) is 12.0 Å². The number of likely N-dealkylation sites (tertiary alicyclic amines) is 1. The zero-order valence-electron chi connectivity index (χ0n) is 15.0. The highest BCUT2D eigenvalue weighted by atomic mass is 16.6. The van der Waals surface area contributed by atoms with E-state index in [1.54, 1.807) is 0 Å². The lowest BCUT2D eigenvalue weighted by Crippen LogP contribution is -2.55. The molecule has 1 N–H and O–H groups in total. The normalized spacial score (nSPS) is 25.9. The van der Waals surface area contributed by atoms with Gasteiger partial charge in [0.1, 0.15) is 5.60 Å². The quantitative estimate of drug-likeness (QED) is 0.921. The van der Waals surface area contributed by atoms with Gasteiger partial charge in [-0.3, -0.25) is 4.90 Å². The topological polar surface area (TPSA) is 41.6 Å². The lowest BCUT2D eigenvalue weighted by Gasteiger charge is -2.42. The van der Waals surface area contributed by atoms with Gasteiger partial charge < -0.3 is 10.1 Å². The van der Waals surface area contributed by atoms with Crippen LogP contribution in [0.15, 0.2) is 30.3 Å². The van der Waals surface area contributed by atoms with E-state index < -0.39 is 5.60 Å². The van der Waals surface area contributed by atoms with Gasteiger partial charge in [0.15, 0.2) is 0 Å². The summed E-state index contributed by atoms with van der Waals surface area (Å²) in [6.07, 6.45) is 0.761. The van der Waals surface area contributed by atoms with Crippen LogP contribution in [0.3, 0.4) is 0 Å². The minimum Gasteiger partial charge on any atom is -0.444 e. The third kappa shape index (κ3) is 5.54. The van der Waals surface area contributed by atoms with Crippen molar-refractivity contribution in [2.75, 3.05) is 6.54 Å². The molecule has 0 unspecified atom stereocenters. The second-order valence-corrected chi connectivity index (χ2v) is 7.73. The van der Waals surface area contributed by atoms with Gasteiger partial charge in [-0.05, 0) is 45.6 Å². The van der Waals surface area contributed by atoms with Crippen molar-refractivity contribution < 1.29 is 9.53 Å². The van der Waals surface area contributed by atoms with Crippen LogP contribution in [0.1, 0.15) is 46.6 Å². The molecule has 0 aliphatic carbocycles. The minimum atomic E-state index is -0.459. The Morgan fingerprint density at radius 1 is 1.26 bits per heavy atom. The average molecular weight is 318 g/mol. The van der Waals surface area contributed by atoms with E-state index in [2.05, 4.69) is 48.3 Å². The lowest BCUT2D eigenvalue weighted by atomic mass is 9.88. The highest BCUT2D eigenvalue weighted by molar-refractivity contribution is 5.68. The number of carbonyl (C=O) groups is 1. The van der Waals surface area contributed by atoms with Gasteiger partial charge in [0.2, 0.25) is 0 Å². The third-order valence-electron chi connectivity index (χ3n) is 4.38. The number of rotatable bonds is 3. The van der Waals surface area contributed by atoms with Gasteiger partial charge in [-0.25, -0.2) is 4.79 Å². The molecule has 4 heteroatoms. The first kappa shape index (κ1) is 17.8. The van der Waals surface area contributed by atoms with Gasteiger partial charge in [0.05, 0.1) is 0 Å². The van der Waals surface area contributed by atoms with Crippen molar-refractivity contribution in [3.63, 3.8) is 0 Å². The summed E-state index contributed by atoms with van der Waals surface area (Å²) in [7, 11) is 0. The summed E-state index contributed by atoms with van der Waals surface area (Å²) >= 11 is 0. The number of amides is 1. The van der Waals surface area contributed by atoms with Crippen molar-refractivity contribution in [3.05, 3.63) is 35.9 Å². The first-order valence-corrected chi connectivity index (χ1v) is 8.52. The van der Waals surface area contributed by atoms with Crippen LogP contribution in [0.5, 0.6) is 0 Å². The smallest absolute Gasteiger partial charge is 0.407 e. The maximum absolute atomic E-state index is 12.1. The van der Waals surface area contributed by atoms with Crippen LogP contribution in [0.4, 0.5) is 4.79 Å². The Hall–Kier alpha value is -1.55. The number of carbonyl (C=O) groups excluding carboxylic acids is 1. The molecule has 1 fully saturated rings. The average Bonchev–Trinajstić information content (AvgIpc) is 2.43. The molecule has 4 nitrogen and oxygen atoms in total. The molecule has 0 saturated carbocycles. The molecule has 0 radical (unpaired) electrons. The molecule has 1 aliphatic heterocycles. The molecule has 0 aromatic heterocycles. The van der Waals surface area contributed by atoms with Gasteiger partial charge in [-0.15, -0.1) is 0 Å². The van der Waals surface area contributed by atoms with Gasteiger partial charge >= 0.3 is 6.09 Å². The molecule has 0 bridgehead atoms. The Kier molecular flexibility index (Phi) is 5.69. The Bertz CT molecular complexity index is 510. The monoisotopic (exact) mass is 318 g/mol. The van der Waals surface area contributed by atoms with Crippen molar-refractivity contribution in [2.24, 2.45) is 5.92 Å². The van der Waals surface area contributed by atoms with Gasteiger partial charge in [0.25, 0.3) is 0 Å². The fourth-order valence-electron chi connectivity index (χ4n) is 3.15. The van der Waals surface area contributed by atoms with Crippen molar-refractivity contribution in [1.82, 2.24) is 10.2 Å². The third-order valence-corrected chi connectivity index (χ3v) is 4.38. The Labute approximate surface area is 140 Å². The number of hydrogen-bond acceptors (Lipinski definition) is 3. The summed E-state index contributed by atoms with van der Waals surface area (Å²) in [6.45, 7) is 11.9. The predicted molar refractivity (Wildman–Crippen MR) is 93.3 cm³/mol. The summed E-state index contributed by atoms with van der Waals surface area (Å²) < 4.78 is 5.40. The van der Waals surface area contributed by atoms with E-state index in [1.165, 1.54) is 5.56 Å². The van der Waals surface area contributed by atoms with E-state index in [9.17, 15) is 4.79 Å². The van der Waals surface area contributed by atoms with Gasteiger partial charge in [-0.1, -0.05) is 37.3 Å². The molecule has 1 saturated heterocycles. The van der Waals surface area contributed by atoms with Gasteiger partial charge in [0, 0.05) is 25.2 Å². The zero-order valence-corrected chi connectivity index (χ0v) is 15.0. The number of nitrogens with one attached hydrogen (secondary N) is 1. The fraction of sp³-hybridized carbons (Fsp3) is 0.632. The largest absolute Gasteiger partial charge is 0.444 e. The summed E-state index contributed by atoms with van der Waals surface area (Å²) in [5.41, 5.74) is 0.851. The summed E-state index contributed by atoms with van der Waals surface area (Å²) in [5.74, 6) is 0.449. The first-order valence-electron chi connectivity index (χ1n) is 8.52. The molecule has 128 valence electrons. The number of hydrogen-bond donors (Lipinski definition) is 1. The van der Waals surface area contributed by atoms with E-state index in [-0.39, 0.29) is 12.1 Å². The highest BCUT2D eigenvalue weighted by Crippen LogP contribution is 2.24. The van der Waals surface area contributed by atoms with Crippen LogP contribution in [-0.2, 0) is 11.3 Å². The number of benzene rings is 1. The fourth-order valence-corrected chi connectivity index (χ4v) is 3.15. The maximum Gasteiger partial charge on any atom is 0.407 e. The van der Waals surface area contributed by atoms with E-state index in [4.69, 9.17) is 4.74 Å². The van der Waals surface area contributed by atoms with Crippen LogP contribution in [-0.4, -0.2) is 35.2 Å². The molecule has 3 atom stereocenters. The van der Waals surface area contributed by atoms with E-state index >= 15 is 0 Å². The Morgan fingerprint density at radius 3 is 2.52 bits per heavy atom. The van der Waals surface area contributed by atoms with Crippen molar-refractivity contribution in [2.45, 2.75) is 65.3 Å². The standard InChI is InChI=1S/C19H30N2O2/c1-14-11-15(2)21(12-16-9-7-6-8-10-16)13-17(14)20-18(22)23-19(3,4)5/h6-10,14-15,17H,11-13H2,1-5H3,(H,20,22)/t14-,15+,17-/m1/s1. The van der Waals surface area contributed by atoms with Crippen LogP contribution in [0.25, 0.3) is 0 Å².